The molecule has 0 radical (unpaired) electrons. The van der Waals surface area contributed by atoms with Crippen molar-refractivity contribution in [3.05, 3.63) is 34.3 Å². The standard InChI is InChI=1S/C25H35BrN2O3/c26-21-10-6-19(7-11-21)23-17-28(14-15-31-23)25(30)20-8-12-22(13-9-20)27-24(29)16-18-4-2-1-3-5-18/h6-7,10-11,18,20,22-23H,1-5,8-9,12-17H2,(H,27,29). The lowest BCUT2D eigenvalue weighted by atomic mass is 9.84. The highest BCUT2D eigenvalue weighted by Crippen LogP contribution is 2.30. The molecule has 3 fully saturated rings. The number of benzene rings is 1. The average molecular weight is 491 g/mol. The highest BCUT2D eigenvalue weighted by Gasteiger charge is 2.33. The van der Waals surface area contributed by atoms with Gasteiger partial charge in [-0.1, -0.05) is 47.3 Å². The maximum absolute atomic E-state index is 13.2. The average Bonchev–Trinajstić information content (AvgIpc) is 2.80. The maximum atomic E-state index is 13.2. The summed E-state index contributed by atoms with van der Waals surface area (Å²) >= 11 is 3.47. The Kier molecular flexibility index (Phi) is 8.05. The Balaban J connectivity index is 1.22. The summed E-state index contributed by atoms with van der Waals surface area (Å²) in [4.78, 5) is 27.6. The van der Waals surface area contributed by atoms with Crippen molar-refractivity contribution >= 4 is 27.7 Å². The first kappa shape index (κ1) is 22.8. The lowest BCUT2D eigenvalue weighted by Crippen LogP contribution is -2.47. The molecule has 1 unspecified atom stereocenters. The van der Waals surface area contributed by atoms with Gasteiger partial charge in [0.2, 0.25) is 11.8 Å². The van der Waals surface area contributed by atoms with Crippen molar-refractivity contribution in [2.45, 2.75) is 76.4 Å². The van der Waals surface area contributed by atoms with E-state index in [0.717, 1.165) is 35.7 Å². The summed E-state index contributed by atoms with van der Waals surface area (Å²) in [5, 5.41) is 3.25. The zero-order valence-corrected chi connectivity index (χ0v) is 19.9. The highest BCUT2D eigenvalue weighted by molar-refractivity contribution is 9.10. The topological polar surface area (TPSA) is 58.6 Å². The van der Waals surface area contributed by atoms with E-state index in [9.17, 15) is 9.59 Å². The molecule has 31 heavy (non-hydrogen) atoms. The molecule has 6 heteroatoms. The molecule has 0 bridgehead atoms. The van der Waals surface area contributed by atoms with Gasteiger partial charge in [0, 0.05) is 29.4 Å². The zero-order valence-electron chi connectivity index (χ0n) is 18.4. The first-order valence-electron chi connectivity index (χ1n) is 12.0. The Labute approximate surface area is 194 Å². The number of carbonyl (C=O) groups is 2. The third-order valence-corrected chi connectivity index (χ3v) is 7.79. The predicted molar refractivity (Wildman–Crippen MR) is 124 cm³/mol. The molecule has 1 atom stereocenters. The van der Waals surface area contributed by atoms with Gasteiger partial charge in [-0.2, -0.15) is 0 Å². The second-order valence-corrected chi connectivity index (χ2v) is 10.4. The van der Waals surface area contributed by atoms with Crippen LogP contribution in [-0.4, -0.2) is 42.5 Å². The van der Waals surface area contributed by atoms with E-state index in [0.29, 0.717) is 32.0 Å². The van der Waals surface area contributed by atoms with Gasteiger partial charge in [0.05, 0.1) is 13.2 Å². The predicted octanol–water partition coefficient (Wildman–Crippen LogP) is 4.99. The van der Waals surface area contributed by atoms with Crippen LogP contribution in [0, 0.1) is 11.8 Å². The quantitative estimate of drug-likeness (QED) is 0.631. The van der Waals surface area contributed by atoms with Crippen molar-refractivity contribution in [2.24, 2.45) is 11.8 Å². The van der Waals surface area contributed by atoms with Crippen molar-refractivity contribution < 1.29 is 14.3 Å². The van der Waals surface area contributed by atoms with Crippen LogP contribution in [0.25, 0.3) is 0 Å². The SMILES string of the molecule is O=C(CC1CCCCC1)NC1CCC(C(=O)N2CCOC(c3ccc(Br)cc3)C2)CC1. The van der Waals surface area contributed by atoms with Crippen molar-refractivity contribution in [3.63, 3.8) is 0 Å². The van der Waals surface area contributed by atoms with Crippen molar-refractivity contribution in [1.29, 1.82) is 0 Å². The molecular weight excluding hydrogens is 456 g/mol. The minimum atomic E-state index is -0.0544. The Morgan fingerprint density at radius 2 is 1.71 bits per heavy atom. The summed E-state index contributed by atoms with van der Waals surface area (Å²) in [6, 6.07) is 8.39. The van der Waals surface area contributed by atoms with Gasteiger partial charge in [0.15, 0.2) is 0 Å². The minimum Gasteiger partial charge on any atom is -0.370 e. The van der Waals surface area contributed by atoms with Gasteiger partial charge >= 0.3 is 0 Å². The Morgan fingerprint density at radius 1 is 1.00 bits per heavy atom. The van der Waals surface area contributed by atoms with Gasteiger partial charge < -0.3 is 15.0 Å². The molecule has 1 N–H and O–H groups in total. The molecule has 0 aromatic heterocycles. The number of hydrogen-bond acceptors (Lipinski definition) is 3. The van der Waals surface area contributed by atoms with Crippen molar-refractivity contribution in [1.82, 2.24) is 10.2 Å². The third-order valence-electron chi connectivity index (χ3n) is 7.26. The largest absolute Gasteiger partial charge is 0.370 e. The van der Waals surface area contributed by atoms with E-state index in [2.05, 4.69) is 33.4 Å². The van der Waals surface area contributed by atoms with Gasteiger partial charge in [-0.05, 0) is 62.1 Å². The van der Waals surface area contributed by atoms with E-state index >= 15 is 0 Å². The fourth-order valence-corrected chi connectivity index (χ4v) is 5.68. The highest BCUT2D eigenvalue weighted by atomic mass is 79.9. The Hall–Kier alpha value is -1.40. The van der Waals surface area contributed by atoms with Crippen molar-refractivity contribution in [3.8, 4) is 0 Å². The smallest absolute Gasteiger partial charge is 0.225 e. The molecule has 0 spiro atoms. The van der Waals surface area contributed by atoms with Crippen LogP contribution in [0.3, 0.4) is 0 Å². The first-order chi connectivity index (χ1) is 15.1. The zero-order chi connectivity index (χ0) is 21.6. The Bertz CT molecular complexity index is 740. The summed E-state index contributed by atoms with van der Waals surface area (Å²) < 4.78 is 6.98. The molecule has 1 aromatic carbocycles. The summed E-state index contributed by atoms with van der Waals surface area (Å²) in [5.41, 5.74) is 1.12. The van der Waals surface area contributed by atoms with Gasteiger partial charge in [0.1, 0.15) is 6.10 Å². The normalized spacial score (nSPS) is 27.6. The second-order valence-electron chi connectivity index (χ2n) is 9.52. The van der Waals surface area contributed by atoms with E-state index < -0.39 is 0 Å². The van der Waals surface area contributed by atoms with Gasteiger partial charge in [-0.25, -0.2) is 0 Å². The minimum absolute atomic E-state index is 0.0544. The van der Waals surface area contributed by atoms with Crippen LogP contribution in [0.5, 0.6) is 0 Å². The van der Waals surface area contributed by atoms with Gasteiger partial charge in [-0.3, -0.25) is 9.59 Å². The number of halogens is 1. The molecule has 2 amide bonds. The van der Waals surface area contributed by atoms with Crippen LogP contribution in [0.2, 0.25) is 0 Å². The number of nitrogens with zero attached hydrogens (tertiary/aromatic N) is 1. The molecule has 1 aromatic rings. The fraction of sp³-hybridized carbons (Fsp3) is 0.680. The van der Waals surface area contributed by atoms with Crippen LogP contribution in [0.1, 0.15) is 75.9 Å². The summed E-state index contributed by atoms with van der Waals surface area (Å²) in [5.74, 6) is 1.13. The van der Waals surface area contributed by atoms with Crippen molar-refractivity contribution in [2.75, 3.05) is 19.7 Å². The van der Waals surface area contributed by atoms with E-state index in [-0.39, 0.29) is 29.9 Å². The number of carbonyl (C=O) groups excluding carboxylic acids is 2. The fourth-order valence-electron chi connectivity index (χ4n) is 5.41. The second kappa shape index (κ2) is 11.0. The maximum Gasteiger partial charge on any atom is 0.225 e. The summed E-state index contributed by atoms with van der Waals surface area (Å²) in [6.07, 6.45) is 10.5. The van der Waals surface area contributed by atoms with Gasteiger partial charge in [-0.15, -0.1) is 0 Å². The number of nitrogens with one attached hydrogen (secondary N) is 1. The summed E-state index contributed by atoms with van der Waals surface area (Å²) in [7, 11) is 0. The molecule has 2 aliphatic carbocycles. The number of hydrogen-bond donors (Lipinski definition) is 1. The van der Waals surface area contributed by atoms with Gasteiger partial charge in [0.25, 0.3) is 0 Å². The number of ether oxygens (including phenoxy) is 1. The summed E-state index contributed by atoms with van der Waals surface area (Å²) in [6.45, 7) is 1.88. The molecule has 170 valence electrons. The van der Waals surface area contributed by atoms with E-state index in [1.54, 1.807) is 0 Å². The first-order valence-corrected chi connectivity index (χ1v) is 12.8. The molecule has 4 rings (SSSR count). The molecule has 5 nitrogen and oxygen atoms in total. The number of morpholine rings is 1. The van der Waals surface area contributed by atoms with Crippen LogP contribution in [-0.2, 0) is 14.3 Å². The number of amides is 2. The molecule has 3 aliphatic rings. The van der Waals surface area contributed by atoms with E-state index in [1.807, 2.05) is 17.0 Å². The van der Waals surface area contributed by atoms with Crippen LogP contribution < -0.4 is 5.32 Å². The molecular formula is C25H35BrN2O3. The molecule has 1 saturated heterocycles. The lowest BCUT2D eigenvalue weighted by Gasteiger charge is -2.37. The van der Waals surface area contributed by atoms with E-state index in [1.165, 1.54) is 32.1 Å². The molecule has 1 aliphatic heterocycles. The third kappa shape index (κ3) is 6.32. The Morgan fingerprint density at radius 3 is 2.42 bits per heavy atom. The lowest BCUT2D eigenvalue weighted by molar-refractivity contribution is -0.144. The van der Waals surface area contributed by atoms with Crippen LogP contribution in [0.15, 0.2) is 28.7 Å². The molecule has 1 heterocycles. The van der Waals surface area contributed by atoms with Crippen LogP contribution >= 0.6 is 15.9 Å². The van der Waals surface area contributed by atoms with Crippen LogP contribution in [0.4, 0.5) is 0 Å². The number of rotatable bonds is 5. The molecule has 2 saturated carbocycles. The monoisotopic (exact) mass is 490 g/mol. The van der Waals surface area contributed by atoms with E-state index in [4.69, 9.17) is 4.74 Å².